The molecule has 0 radical (unpaired) electrons. The second kappa shape index (κ2) is 8.82. The van der Waals surface area contributed by atoms with Gasteiger partial charge in [-0.25, -0.2) is 0 Å². The average molecular weight is 381 g/mol. The minimum Gasteiger partial charge on any atom is -0.0843 e. The van der Waals surface area contributed by atoms with Crippen LogP contribution >= 0.6 is 11.6 Å². The van der Waals surface area contributed by atoms with Gasteiger partial charge in [0.15, 0.2) is 0 Å². The van der Waals surface area contributed by atoms with Gasteiger partial charge in [-0.05, 0) is 84.6 Å². The summed E-state index contributed by atoms with van der Waals surface area (Å²) >= 11 is 6.02. The summed E-state index contributed by atoms with van der Waals surface area (Å²) in [7, 11) is 0. The van der Waals surface area contributed by atoms with Crippen LogP contribution in [0.15, 0.2) is 48.5 Å². The number of halogens is 1. The SMILES string of the molecule is CCCCC1CC[C@@H]2C[C@H](c3ccc(-c4ccc(Cl)cc4)cc3)CC[C@@H]2C1. The number of fused-ring (bicyclic) bond motifs is 1. The molecule has 4 rings (SSSR count). The molecular weight excluding hydrogens is 348 g/mol. The summed E-state index contributed by atoms with van der Waals surface area (Å²) in [6, 6.07) is 17.5. The van der Waals surface area contributed by atoms with Crippen LogP contribution in [-0.2, 0) is 0 Å². The first kappa shape index (κ1) is 19.1. The van der Waals surface area contributed by atoms with Crippen LogP contribution in [0.3, 0.4) is 0 Å². The van der Waals surface area contributed by atoms with Crippen LogP contribution in [0.1, 0.15) is 76.2 Å². The fourth-order valence-electron chi connectivity index (χ4n) is 5.63. The molecule has 0 bridgehead atoms. The molecule has 2 aromatic rings. The van der Waals surface area contributed by atoms with Crippen molar-refractivity contribution in [3.63, 3.8) is 0 Å². The molecule has 0 aromatic heterocycles. The van der Waals surface area contributed by atoms with Crippen molar-refractivity contribution in [2.24, 2.45) is 17.8 Å². The van der Waals surface area contributed by atoms with Crippen molar-refractivity contribution in [1.29, 1.82) is 0 Å². The van der Waals surface area contributed by atoms with Gasteiger partial charge in [-0.15, -0.1) is 0 Å². The van der Waals surface area contributed by atoms with Crippen molar-refractivity contribution in [3.8, 4) is 11.1 Å². The van der Waals surface area contributed by atoms with Crippen LogP contribution in [0.2, 0.25) is 5.02 Å². The lowest BCUT2D eigenvalue weighted by molar-refractivity contribution is 0.113. The summed E-state index contributed by atoms with van der Waals surface area (Å²) in [5, 5.41) is 0.802. The van der Waals surface area contributed by atoms with E-state index in [1.165, 1.54) is 68.9 Å². The Hall–Kier alpha value is -1.27. The summed E-state index contributed by atoms with van der Waals surface area (Å²) in [6.07, 6.45) is 13.0. The van der Waals surface area contributed by atoms with Gasteiger partial charge in [0.05, 0.1) is 0 Å². The maximum Gasteiger partial charge on any atom is 0.0406 e. The summed E-state index contributed by atoms with van der Waals surface area (Å²) in [5.41, 5.74) is 4.10. The minimum absolute atomic E-state index is 0.776. The predicted molar refractivity (Wildman–Crippen MR) is 117 cm³/mol. The molecule has 2 aliphatic carbocycles. The summed E-state index contributed by atoms with van der Waals surface area (Å²) in [5.74, 6) is 3.81. The normalized spacial score (nSPS) is 27.9. The van der Waals surface area contributed by atoms with Gasteiger partial charge in [-0.3, -0.25) is 0 Å². The zero-order valence-electron chi connectivity index (χ0n) is 16.7. The van der Waals surface area contributed by atoms with E-state index in [2.05, 4.69) is 43.3 Å². The fraction of sp³-hybridized carbons (Fsp3) is 0.538. The standard InChI is InChI=1S/C26H33Cl/c1-2-3-4-19-5-6-25-18-24(12-11-23(25)17-19)22-9-7-20(8-10-22)21-13-15-26(27)16-14-21/h7-10,13-16,19,23-25H,2-6,11-12,17-18H2,1H3/t19?,23-,24-,25-/m1/s1. The minimum atomic E-state index is 0.776. The highest BCUT2D eigenvalue weighted by Gasteiger charge is 2.35. The van der Waals surface area contributed by atoms with Gasteiger partial charge in [-0.1, -0.05) is 80.6 Å². The van der Waals surface area contributed by atoms with Gasteiger partial charge in [-0.2, -0.15) is 0 Å². The Bertz CT molecular complexity index is 715. The van der Waals surface area contributed by atoms with Crippen molar-refractivity contribution >= 4 is 11.6 Å². The number of hydrogen-bond acceptors (Lipinski definition) is 0. The Kier molecular flexibility index (Phi) is 6.23. The number of rotatable bonds is 5. The Morgan fingerprint density at radius 1 is 0.778 bits per heavy atom. The van der Waals surface area contributed by atoms with E-state index >= 15 is 0 Å². The molecule has 1 heteroatoms. The summed E-state index contributed by atoms with van der Waals surface area (Å²) in [4.78, 5) is 0. The van der Waals surface area contributed by atoms with E-state index in [9.17, 15) is 0 Å². The van der Waals surface area contributed by atoms with Crippen molar-refractivity contribution in [1.82, 2.24) is 0 Å². The monoisotopic (exact) mass is 380 g/mol. The van der Waals surface area contributed by atoms with Crippen LogP contribution in [0.4, 0.5) is 0 Å². The third-order valence-electron chi connectivity index (χ3n) is 7.25. The van der Waals surface area contributed by atoms with E-state index in [0.717, 1.165) is 28.7 Å². The lowest BCUT2D eigenvalue weighted by Gasteiger charge is -2.42. The molecule has 2 saturated carbocycles. The quantitative estimate of drug-likeness (QED) is 0.487. The van der Waals surface area contributed by atoms with E-state index in [4.69, 9.17) is 11.6 Å². The van der Waals surface area contributed by atoms with Crippen LogP contribution in [0.5, 0.6) is 0 Å². The molecule has 2 aromatic carbocycles. The highest BCUT2D eigenvalue weighted by Crippen LogP contribution is 2.48. The van der Waals surface area contributed by atoms with E-state index < -0.39 is 0 Å². The van der Waals surface area contributed by atoms with Gasteiger partial charge in [0.25, 0.3) is 0 Å². The molecule has 2 aliphatic rings. The molecule has 0 aliphatic heterocycles. The first-order valence-electron chi connectivity index (χ1n) is 11.1. The van der Waals surface area contributed by atoms with Crippen LogP contribution in [0.25, 0.3) is 11.1 Å². The number of hydrogen-bond donors (Lipinski definition) is 0. The van der Waals surface area contributed by atoms with E-state index in [0.29, 0.717) is 0 Å². The third kappa shape index (κ3) is 4.60. The molecule has 0 N–H and O–H groups in total. The number of benzene rings is 2. The highest BCUT2D eigenvalue weighted by molar-refractivity contribution is 6.30. The van der Waals surface area contributed by atoms with Gasteiger partial charge in [0.1, 0.15) is 0 Å². The maximum absolute atomic E-state index is 6.02. The van der Waals surface area contributed by atoms with Crippen molar-refractivity contribution in [3.05, 3.63) is 59.1 Å². The van der Waals surface area contributed by atoms with Gasteiger partial charge < -0.3 is 0 Å². The predicted octanol–water partition coefficient (Wildman–Crippen LogP) is 8.50. The first-order valence-corrected chi connectivity index (χ1v) is 11.5. The Morgan fingerprint density at radius 2 is 1.41 bits per heavy atom. The van der Waals surface area contributed by atoms with Crippen molar-refractivity contribution in [2.45, 2.75) is 70.6 Å². The van der Waals surface area contributed by atoms with Gasteiger partial charge >= 0.3 is 0 Å². The molecule has 0 nitrogen and oxygen atoms in total. The molecule has 144 valence electrons. The summed E-state index contributed by atoms with van der Waals surface area (Å²) in [6.45, 7) is 2.33. The Morgan fingerprint density at radius 3 is 2.11 bits per heavy atom. The highest BCUT2D eigenvalue weighted by atomic mass is 35.5. The van der Waals surface area contributed by atoms with Crippen LogP contribution < -0.4 is 0 Å². The number of unbranched alkanes of at least 4 members (excludes halogenated alkanes) is 1. The lowest BCUT2D eigenvalue weighted by atomic mass is 9.63. The topological polar surface area (TPSA) is 0 Å². The molecule has 27 heavy (non-hydrogen) atoms. The summed E-state index contributed by atoms with van der Waals surface area (Å²) < 4.78 is 0. The fourth-order valence-corrected chi connectivity index (χ4v) is 5.76. The molecule has 0 spiro atoms. The average Bonchev–Trinajstić information content (AvgIpc) is 2.72. The molecular formula is C26H33Cl. The molecule has 0 saturated heterocycles. The molecule has 0 heterocycles. The molecule has 2 fully saturated rings. The van der Waals surface area contributed by atoms with E-state index in [1.807, 2.05) is 12.1 Å². The Balaban J connectivity index is 1.37. The third-order valence-corrected chi connectivity index (χ3v) is 7.50. The van der Waals surface area contributed by atoms with E-state index in [-0.39, 0.29) is 0 Å². The second-order valence-corrected chi connectivity index (χ2v) is 9.42. The maximum atomic E-state index is 6.02. The Labute approximate surface area is 170 Å². The van der Waals surface area contributed by atoms with Gasteiger partial charge in [0, 0.05) is 5.02 Å². The first-order chi connectivity index (χ1) is 13.2. The molecule has 4 atom stereocenters. The van der Waals surface area contributed by atoms with Gasteiger partial charge in [0.2, 0.25) is 0 Å². The second-order valence-electron chi connectivity index (χ2n) is 8.98. The van der Waals surface area contributed by atoms with Crippen LogP contribution in [-0.4, -0.2) is 0 Å². The van der Waals surface area contributed by atoms with E-state index in [1.54, 1.807) is 5.56 Å². The van der Waals surface area contributed by atoms with Crippen molar-refractivity contribution in [2.75, 3.05) is 0 Å². The lowest BCUT2D eigenvalue weighted by Crippen LogP contribution is -2.30. The van der Waals surface area contributed by atoms with Crippen molar-refractivity contribution < 1.29 is 0 Å². The largest absolute Gasteiger partial charge is 0.0843 e. The van der Waals surface area contributed by atoms with Crippen LogP contribution in [0, 0.1) is 17.8 Å². The zero-order valence-corrected chi connectivity index (χ0v) is 17.4. The zero-order chi connectivity index (χ0) is 18.6. The molecule has 1 unspecified atom stereocenters. The smallest absolute Gasteiger partial charge is 0.0406 e. The molecule has 0 amide bonds.